The lowest BCUT2D eigenvalue weighted by Gasteiger charge is -2.20. The zero-order valence-corrected chi connectivity index (χ0v) is 22.9. The summed E-state index contributed by atoms with van der Waals surface area (Å²) in [5.41, 5.74) is 7.14. The maximum Gasteiger partial charge on any atom is 0.228 e. The molecule has 1 aromatic carbocycles. The van der Waals surface area contributed by atoms with E-state index in [9.17, 15) is 4.79 Å². The van der Waals surface area contributed by atoms with Crippen LogP contribution >= 0.6 is 0 Å². The van der Waals surface area contributed by atoms with Crippen molar-refractivity contribution < 1.29 is 4.79 Å². The number of rotatable bonds is 14. The second kappa shape index (κ2) is 14.4. The van der Waals surface area contributed by atoms with Gasteiger partial charge in [-0.25, -0.2) is 0 Å². The van der Waals surface area contributed by atoms with Gasteiger partial charge < -0.3 is 16.0 Å². The summed E-state index contributed by atoms with van der Waals surface area (Å²) < 4.78 is 0. The first-order chi connectivity index (χ1) is 17.1. The molecular formula is C31H44N4O. The van der Waals surface area contributed by atoms with Crippen molar-refractivity contribution in [2.75, 3.05) is 11.9 Å². The summed E-state index contributed by atoms with van der Waals surface area (Å²) in [6.45, 7) is 21.2. The van der Waals surface area contributed by atoms with Crippen LogP contribution in [0.3, 0.4) is 0 Å². The Bertz CT molecular complexity index is 1060. The van der Waals surface area contributed by atoms with E-state index in [0.29, 0.717) is 6.42 Å². The molecule has 2 rings (SSSR count). The number of nitrogens with zero attached hydrogens (tertiary/aromatic N) is 1. The number of nitrogens with one attached hydrogen (secondary N) is 3. The Morgan fingerprint density at radius 3 is 2.56 bits per heavy atom. The van der Waals surface area contributed by atoms with Crippen molar-refractivity contribution in [1.29, 1.82) is 0 Å². The SMILES string of the molecule is C=C/C(=C\C=C(/C)C1CC1)CC(=O)Nc1ccc(C)c([C@H](C)NC(C)C=N/C(=C/NCC)C(=C)C)c1. The summed E-state index contributed by atoms with van der Waals surface area (Å²) in [4.78, 5) is 17.3. The molecule has 1 saturated carbocycles. The van der Waals surface area contributed by atoms with Gasteiger partial charge in [0.15, 0.2) is 0 Å². The van der Waals surface area contributed by atoms with Crippen molar-refractivity contribution in [3.8, 4) is 0 Å². The first-order valence-corrected chi connectivity index (χ1v) is 12.9. The molecule has 1 aromatic rings. The molecule has 3 N–H and O–H groups in total. The number of anilines is 1. The van der Waals surface area contributed by atoms with Gasteiger partial charge in [-0.15, -0.1) is 0 Å². The Morgan fingerprint density at radius 2 is 1.94 bits per heavy atom. The minimum Gasteiger partial charge on any atom is -0.389 e. The van der Waals surface area contributed by atoms with Gasteiger partial charge in [-0.2, -0.15) is 0 Å². The Kier molecular flexibility index (Phi) is 11.6. The van der Waals surface area contributed by atoms with Gasteiger partial charge in [0.05, 0.1) is 12.1 Å². The molecule has 0 aliphatic heterocycles. The van der Waals surface area contributed by atoms with E-state index in [2.05, 4.69) is 67.9 Å². The normalized spacial score (nSPS) is 16.6. The van der Waals surface area contributed by atoms with E-state index in [4.69, 9.17) is 0 Å². The van der Waals surface area contributed by atoms with Crippen molar-refractivity contribution >= 4 is 17.8 Å². The van der Waals surface area contributed by atoms with Crippen LogP contribution in [-0.2, 0) is 4.79 Å². The third-order valence-corrected chi connectivity index (χ3v) is 6.27. The van der Waals surface area contributed by atoms with Gasteiger partial charge in [0.2, 0.25) is 5.91 Å². The molecule has 0 bridgehead atoms. The molecule has 1 fully saturated rings. The Hall–Kier alpha value is -3.18. The van der Waals surface area contributed by atoms with Crippen molar-refractivity contribution in [1.82, 2.24) is 10.6 Å². The summed E-state index contributed by atoms with van der Waals surface area (Å²) in [7, 11) is 0. The van der Waals surface area contributed by atoms with Crippen LogP contribution in [0.5, 0.6) is 0 Å². The molecular weight excluding hydrogens is 444 g/mol. The summed E-state index contributed by atoms with van der Waals surface area (Å²) >= 11 is 0. The summed E-state index contributed by atoms with van der Waals surface area (Å²) in [6, 6.07) is 6.18. The van der Waals surface area contributed by atoms with Crippen LogP contribution in [-0.4, -0.2) is 24.7 Å². The number of hydrogen-bond acceptors (Lipinski definition) is 4. The van der Waals surface area contributed by atoms with Gasteiger partial charge in [-0.05, 0) is 94.7 Å². The highest BCUT2D eigenvalue weighted by Crippen LogP contribution is 2.36. The van der Waals surface area contributed by atoms with Crippen LogP contribution in [0.1, 0.15) is 71.0 Å². The number of hydrogen-bond donors (Lipinski definition) is 3. The van der Waals surface area contributed by atoms with E-state index in [-0.39, 0.29) is 18.0 Å². The lowest BCUT2D eigenvalue weighted by molar-refractivity contribution is -0.115. The Balaban J connectivity index is 2.02. The van der Waals surface area contributed by atoms with E-state index >= 15 is 0 Å². The molecule has 36 heavy (non-hydrogen) atoms. The maximum atomic E-state index is 12.7. The highest BCUT2D eigenvalue weighted by atomic mass is 16.1. The second-order valence-electron chi connectivity index (χ2n) is 9.75. The van der Waals surface area contributed by atoms with Gasteiger partial charge in [0.25, 0.3) is 0 Å². The molecule has 5 heteroatoms. The molecule has 0 heterocycles. The average molecular weight is 489 g/mol. The fourth-order valence-corrected chi connectivity index (χ4v) is 3.88. The molecule has 0 radical (unpaired) electrons. The number of aryl methyl sites for hydroxylation is 1. The molecule has 2 atom stereocenters. The zero-order chi connectivity index (χ0) is 26.7. The van der Waals surface area contributed by atoms with Crippen LogP contribution in [0.4, 0.5) is 5.69 Å². The fourth-order valence-electron chi connectivity index (χ4n) is 3.88. The molecule has 0 spiro atoms. The van der Waals surface area contributed by atoms with Crippen LogP contribution < -0.4 is 16.0 Å². The second-order valence-corrected chi connectivity index (χ2v) is 9.75. The van der Waals surface area contributed by atoms with E-state index in [1.807, 2.05) is 50.5 Å². The van der Waals surface area contributed by atoms with Crippen LogP contribution in [0.25, 0.3) is 0 Å². The van der Waals surface area contributed by atoms with E-state index in [0.717, 1.165) is 40.6 Å². The molecule has 1 aliphatic rings. The molecule has 1 aliphatic carbocycles. The summed E-state index contributed by atoms with van der Waals surface area (Å²) in [5, 5.41) is 9.81. The van der Waals surface area contributed by atoms with Gasteiger partial charge in [0.1, 0.15) is 0 Å². The van der Waals surface area contributed by atoms with E-state index in [1.54, 1.807) is 6.08 Å². The molecule has 1 unspecified atom stereocenters. The minimum absolute atomic E-state index is 0.0469. The lowest BCUT2D eigenvalue weighted by atomic mass is 10.0. The first-order valence-electron chi connectivity index (χ1n) is 12.9. The van der Waals surface area contributed by atoms with Crippen LogP contribution in [0.15, 0.2) is 83.2 Å². The molecule has 0 aromatic heterocycles. The highest BCUT2D eigenvalue weighted by Gasteiger charge is 2.22. The van der Waals surface area contributed by atoms with Gasteiger partial charge in [0, 0.05) is 36.7 Å². The molecule has 1 amide bonds. The molecule has 0 saturated heterocycles. The minimum atomic E-state index is -0.0469. The number of carbonyl (C=O) groups is 1. The lowest BCUT2D eigenvalue weighted by Crippen LogP contribution is -2.30. The number of carbonyl (C=O) groups excluding carboxylic acids is 1. The topological polar surface area (TPSA) is 65.5 Å². The standard InChI is InChI=1S/C31H44N4O/c1-9-26(13-11-22(5)27-14-15-27)17-31(36)35-28-16-12-23(6)29(18-28)25(8)34-24(7)19-33-30(21(3)4)20-32-10-2/h9,11-13,16,18-20,24-25,27,32,34H,1,3,10,14-15,17H2,2,4-8H3,(H,35,36)/b22-11+,26-13+,30-20+,33-19?/t24?,25-/m0/s1. The predicted molar refractivity (Wildman–Crippen MR) is 155 cm³/mol. The monoisotopic (exact) mass is 488 g/mol. The number of benzene rings is 1. The number of amides is 1. The van der Waals surface area contributed by atoms with E-state index in [1.165, 1.54) is 24.0 Å². The first kappa shape index (κ1) is 29.1. The predicted octanol–water partition coefficient (Wildman–Crippen LogP) is 6.93. The fraction of sp³-hybridized carbons (Fsp3) is 0.419. The smallest absolute Gasteiger partial charge is 0.228 e. The van der Waals surface area contributed by atoms with Gasteiger partial charge in [-0.3, -0.25) is 9.79 Å². The average Bonchev–Trinajstić information content (AvgIpc) is 3.68. The number of aliphatic imine (C=N–C) groups is 1. The van der Waals surface area contributed by atoms with Crippen molar-refractivity contribution in [3.63, 3.8) is 0 Å². The third-order valence-electron chi connectivity index (χ3n) is 6.27. The summed E-state index contributed by atoms with van der Waals surface area (Å²) in [6.07, 6.45) is 12.5. The third kappa shape index (κ3) is 9.82. The van der Waals surface area contributed by atoms with E-state index < -0.39 is 0 Å². The van der Waals surface area contributed by atoms with Crippen LogP contribution in [0.2, 0.25) is 0 Å². The Morgan fingerprint density at radius 1 is 1.22 bits per heavy atom. The largest absolute Gasteiger partial charge is 0.389 e. The summed E-state index contributed by atoms with van der Waals surface area (Å²) in [5.74, 6) is 0.675. The van der Waals surface area contributed by atoms with Gasteiger partial charge >= 0.3 is 0 Å². The quantitative estimate of drug-likeness (QED) is 0.196. The molecule has 194 valence electrons. The Labute approximate surface area is 218 Å². The zero-order valence-electron chi connectivity index (χ0n) is 22.9. The van der Waals surface area contributed by atoms with Crippen molar-refractivity contribution in [3.05, 3.63) is 89.3 Å². The molecule has 5 nitrogen and oxygen atoms in total. The van der Waals surface area contributed by atoms with Crippen LogP contribution in [0, 0.1) is 12.8 Å². The van der Waals surface area contributed by atoms with Crippen molar-refractivity contribution in [2.24, 2.45) is 10.9 Å². The van der Waals surface area contributed by atoms with Crippen molar-refractivity contribution in [2.45, 2.75) is 72.9 Å². The van der Waals surface area contributed by atoms with Gasteiger partial charge in [-0.1, -0.05) is 43.0 Å². The maximum absolute atomic E-state index is 12.7. The highest BCUT2D eigenvalue weighted by molar-refractivity contribution is 5.92. The number of allylic oxidation sites excluding steroid dienone is 5.